The van der Waals surface area contributed by atoms with Gasteiger partial charge in [0.25, 0.3) is 5.56 Å². The number of benzene rings is 2. The maximum Gasteiger partial charge on any atom is 0.355 e. The average molecular weight is 513 g/mol. The van der Waals surface area contributed by atoms with Crippen LogP contribution in [0.5, 0.6) is 0 Å². The molecule has 0 radical (unpaired) electrons. The number of carbonyl (C=O) groups is 2. The maximum atomic E-state index is 13.6. The zero-order valence-corrected chi connectivity index (χ0v) is 20.5. The van der Waals surface area contributed by atoms with Crippen LogP contribution in [0.4, 0.5) is 0 Å². The lowest BCUT2D eigenvalue weighted by molar-refractivity contribution is -0.197. The first kappa shape index (κ1) is 24.0. The molecule has 0 spiro atoms. The van der Waals surface area contributed by atoms with E-state index < -0.39 is 29.7 Å². The average Bonchev–Trinajstić information content (AvgIpc) is 3.30. The number of rotatable bonds is 5. The monoisotopic (exact) mass is 512 g/mol. The molecule has 3 atom stereocenters. The Labute approximate surface area is 216 Å². The summed E-state index contributed by atoms with van der Waals surface area (Å²) in [5.41, 5.74) is 1.08. The van der Waals surface area contributed by atoms with Crippen molar-refractivity contribution in [1.82, 2.24) is 9.55 Å². The van der Waals surface area contributed by atoms with Crippen molar-refractivity contribution in [3.8, 4) is 11.4 Å². The summed E-state index contributed by atoms with van der Waals surface area (Å²) in [6.45, 7) is 1.66. The Bertz CT molecular complexity index is 1660. The van der Waals surface area contributed by atoms with Gasteiger partial charge in [0, 0.05) is 16.5 Å². The van der Waals surface area contributed by atoms with E-state index in [1.54, 1.807) is 47.9 Å². The topological polar surface area (TPSA) is 128 Å². The summed E-state index contributed by atoms with van der Waals surface area (Å²) in [5, 5.41) is 22.1. The number of aliphatic hydroxyl groups is 2. The first-order chi connectivity index (χ1) is 18.3. The van der Waals surface area contributed by atoms with Crippen LogP contribution in [-0.2, 0) is 37.8 Å². The van der Waals surface area contributed by atoms with Gasteiger partial charge < -0.3 is 24.3 Å². The molecule has 2 aromatic heterocycles. The molecule has 2 aliphatic heterocycles. The molecule has 6 rings (SSSR count). The van der Waals surface area contributed by atoms with Crippen molar-refractivity contribution < 1.29 is 29.3 Å². The largest absolute Gasteiger partial charge is 0.457 e. The SMILES string of the molecule is CC[C@@]1(OC(=O)[C@@H](O)[C@H](O)c2ccccc2)C(=O)OCc2c1cc1n(c2=O)Cc2cc3ccccc3nc2-1. The van der Waals surface area contributed by atoms with Crippen molar-refractivity contribution in [2.24, 2.45) is 0 Å². The van der Waals surface area contributed by atoms with Gasteiger partial charge in [-0.05, 0) is 30.2 Å². The van der Waals surface area contributed by atoms with E-state index in [1.807, 2.05) is 30.3 Å². The molecule has 192 valence electrons. The Kier molecular flexibility index (Phi) is 5.62. The van der Waals surface area contributed by atoms with E-state index in [0.29, 0.717) is 23.5 Å². The summed E-state index contributed by atoms with van der Waals surface area (Å²) in [4.78, 5) is 44.6. The van der Waals surface area contributed by atoms with Crippen molar-refractivity contribution in [3.05, 3.63) is 99.3 Å². The summed E-state index contributed by atoms with van der Waals surface area (Å²) in [6, 6.07) is 19.4. The summed E-state index contributed by atoms with van der Waals surface area (Å²) in [5.74, 6) is -2.06. The molecular weight excluding hydrogens is 488 g/mol. The molecule has 0 saturated carbocycles. The molecule has 0 bridgehead atoms. The molecular formula is C29H24N2O7. The van der Waals surface area contributed by atoms with Crippen LogP contribution in [-0.4, -0.2) is 37.8 Å². The van der Waals surface area contributed by atoms with Gasteiger partial charge in [0.15, 0.2) is 6.10 Å². The van der Waals surface area contributed by atoms with Crippen molar-refractivity contribution in [1.29, 1.82) is 0 Å². The van der Waals surface area contributed by atoms with E-state index >= 15 is 0 Å². The van der Waals surface area contributed by atoms with Crippen molar-refractivity contribution >= 4 is 22.8 Å². The number of esters is 2. The number of ether oxygens (including phenoxy) is 2. The molecule has 0 fully saturated rings. The lowest BCUT2D eigenvalue weighted by atomic mass is 9.85. The minimum absolute atomic E-state index is 0.0559. The summed E-state index contributed by atoms with van der Waals surface area (Å²) in [6.07, 6.45) is -3.60. The van der Waals surface area contributed by atoms with Crippen LogP contribution >= 0.6 is 0 Å². The van der Waals surface area contributed by atoms with E-state index in [4.69, 9.17) is 14.5 Å². The Morgan fingerprint density at radius 1 is 1.11 bits per heavy atom. The Hall–Kier alpha value is -4.34. The van der Waals surface area contributed by atoms with Gasteiger partial charge in [0.2, 0.25) is 5.60 Å². The molecule has 2 aromatic carbocycles. The summed E-state index contributed by atoms with van der Waals surface area (Å²) < 4.78 is 12.6. The van der Waals surface area contributed by atoms with Gasteiger partial charge in [-0.15, -0.1) is 0 Å². The van der Waals surface area contributed by atoms with Gasteiger partial charge in [0.05, 0.1) is 29.0 Å². The smallest absolute Gasteiger partial charge is 0.355 e. The van der Waals surface area contributed by atoms with Crippen LogP contribution in [0.3, 0.4) is 0 Å². The summed E-state index contributed by atoms with van der Waals surface area (Å²) >= 11 is 0. The predicted octanol–water partition coefficient (Wildman–Crippen LogP) is 2.73. The quantitative estimate of drug-likeness (QED) is 0.344. The highest BCUT2D eigenvalue weighted by Gasteiger charge is 2.51. The molecule has 0 unspecified atom stereocenters. The van der Waals surface area contributed by atoms with Gasteiger partial charge >= 0.3 is 11.9 Å². The lowest BCUT2D eigenvalue weighted by Crippen LogP contribution is -2.49. The molecule has 9 heteroatoms. The number of para-hydroxylation sites is 1. The Morgan fingerprint density at radius 2 is 1.84 bits per heavy atom. The number of aromatic nitrogens is 2. The third kappa shape index (κ3) is 3.54. The van der Waals surface area contributed by atoms with Gasteiger partial charge in [0.1, 0.15) is 12.7 Å². The molecule has 2 aliphatic rings. The number of hydrogen-bond acceptors (Lipinski definition) is 8. The van der Waals surface area contributed by atoms with Gasteiger partial charge in [-0.1, -0.05) is 55.5 Å². The van der Waals surface area contributed by atoms with Crippen LogP contribution in [0, 0.1) is 0 Å². The van der Waals surface area contributed by atoms with E-state index in [0.717, 1.165) is 16.5 Å². The third-order valence-electron chi connectivity index (χ3n) is 7.34. The third-order valence-corrected chi connectivity index (χ3v) is 7.34. The van der Waals surface area contributed by atoms with E-state index in [-0.39, 0.29) is 29.7 Å². The molecule has 2 N–H and O–H groups in total. The Balaban J connectivity index is 1.44. The molecule has 0 aliphatic carbocycles. The van der Waals surface area contributed by atoms with Crippen molar-refractivity contribution in [2.75, 3.05) is 0 Å². The highest BCUT2D eigenvalue weighted by atomic mass is 16.6. The normalized spacial score (nSPS) is 19.2. The first-order valence-electron chi connectivity index (χ1n) is 12.3. The van der Waals surface area contributed by atoms with E-state index in [2.05, 4.69) is 0 Å². The van der Waals surface area contributed by atoms with E-state index in [1.165, 1.54) is 0 Å². The van der Waals surface area contributed by atoms with Crippen LogP contribution in [0.15, 0.2) is 71.5 Å². The van der Waals surface area contributed by atoms with Gasteiger partial charge in [-0.2, -0.15) is 0 Å². The minimum Gasteiger partial charge on any atom is -0.457 e. The van der Waals surface area contributed by atoms with Crippen LogP contribution < -0.4 is 5.56 Å². The second-order valence-corrected chi connectivity index (χ2v) is 9.48. The predicted molar refractivity (Wildman–Crippen MR) is 136 cm³/mol. The number of carbonyl (C=O) groups excluding carboxylic acids is 2. The molecule has 0 saturated heterocycles. The fourth-order valence-electron chi connectivity index (χ4n) is 5.28. The highest BCUT2D eigenvalue weighted by molar-refractivity contribution is 5.89. The van der Waals surface area contributed by atoms with Crippen molar-refractivity contribution in [2.45, 2.75) is 44.3 Å². The fourth-order valence-corrected chi connectivity index (χ4v) is 5.28. The Morgan fingerprint density at radius 3 is 2.61 bits per heavy atom. The van der Waals surface area contributed by atoms with Gasteiger partial charge in [-0.3, -0.25) is 4.79 Å². The number of aliphatic hydroxyl groups excluding tert-OH is 2. The lowest BCUT2D eigenvalue weighted by Gasteiger charge is -2.36. The molecule has 4 heterocycles. The first-order valence-corrected chi connectivity index (χ1v) is 12.3. The molecule has 38 heavy (non-hydrogen) atoms. The van der Waals surface area contributed by atoms with Crippen LogP contribution in [0.25, 0.3) is 22.3 Å². The number of fused-ring (bicyclic) bond motifs is 5. The molecule has 4 aromatic rings. The van der Waals surface area contributed by atoms with Gasteiger partial charge in [-0.25, -0.2) is 14.6 Å². The second-order valence-electron chi connectivity index (χ2n) is 9.48. The van der Waals surface area contributed by atoms with Crippen LogP contribution in [0.2, 0.25) is 0 Å². The number of cyclic esters (lactones) is 1. The number of pyridine rings is 2. The molecule has 0 amide bonds. The number of nitrogens with zero attached hydrogens (tertiary/aromatic N) is 2. The highest BCUT2D eigenvalue weighted by Crippen LogP contribution is 2.41. The number of hydrogen-bond donors (Lipinski definition) is 2. The minimum atomic E-state index is -1.98. The second kappa shape index (κ2) is 8.90. The zero-order valence-electron chi connectivity index (χ0n) is 20.5. The summed E-state index contributed by atoms with van der Waals surface area (Å²) in [7, 11) is 0. The zero-order chi connectivity index (χ0) is 26.6. The fraction of sp³-hybridized carbons (Fsp3) is 0.241. The van der Waals surface area contributed by atoms with Crippen LogP contribution in [0.1, 0.15) is 41.7 Å². The molecule has 9 nitrogen and oxygen atoms in total. The van der Waals surface area contributed by atoms with E-state index in [9.17, 15) is 24.6 Å². The van der Waals surface area contributed by atoms with Crippen molar-refractivity contribution in [3.63, 3.8) is 0 Å². The standard InChI is InChI=1S/C29H24N2O7/c1-2-29(38-27(35)25(33)24(32)16-8-4-3-5-9-16)20-13-22-23-18(12-17-10-6-7-11-21(17)30-23)14-31(22)26(34)19(20)15-37-28(29)36/h3-13,24-25,32-33H,2,14-15H2,1H3/t24-,25+,29+/m1/s1. The maximum absolute atomic E-state index is 13.6.